The van der Waals surface area contributed by atoms with Crippen molar-refractivity contribution in [2.75, 3.05) is 14.2 Å². The lowest BCUT2D eigenvalue weighted by molar-refractivity contribution is 0.0950. The summed E-state index contributed by atoms with van der Waals surface area (Å²) in [7, 11) is -0.733. The highest BCUT2D eigenvalue weighted by Gasteiger charge is 2.26. The molecule has 0 spiro atoms. The monoisotopic (exact) mass is 432 g/mol. The van der Waals surface area contributed by atoms with Gasteiger partial charge >= 0.3 is 0 Å². The van der Waals surface area contributed by atoms with Gasteiger partial charge in [-0.3, -0.25) is 4.79 Å². The van der Waals surface area contributed by atoms with Gasteiger partial charge in [0.1, 0.15) is 10.6 Å². The molecule has 1 aliphatic carbocycles. The van der Waals surface area contributed by atoms with Crippen LogP contribution < -0.4 is 14.8 Å². The molecule has 1 saturated carbocycles. The van der Waals surface area contributed by atoms with Gasteiger partial charge in [0.15, 0.2) is 0 Å². The molecule has 1 fully saturated rings. The molecule has 162 valence electrons. The number of nitrogens with one attached hydrogen (secondary N) is 2. The van der Waals surface area contributed by atoms with Crippen LogP contribution >= 0.6 is 0 Å². The average Bonchev–Trinajstić information content (AvgIpc) is 3.25. The molecule has 2 N–H and O–H groups in total. The number of methoxy groups -OCH3 is 2. The Kier molecular flexibility index (Phi) is 7.47. The summed E-state index contributed by atoms with van der Waals surface area (Å²) >= 11 is 0. The molecule has 3 rings (SSSR count). The zero-order valence-corrected chi connectivity index (χ0v) is 18.1. The van der Waals surface area contributed by atoms with Gasteiger partial charge < -0.3 is 14.8 Å². The van der Waals surface area contributed by atoms with Crippen molar-refractivity contribution in [2.24, 2.45) is 0 Å². The molecule has 0 unspecified atom stereocenters. The van der Waals surface area contributed by atoms with Crippen molar-refractivity contribution >= 4 is 15.9 Å². The number of hydrogen-bond donors (Lipinski definition) is 2. The molecule has 0 saturated heterocycles. The standard InChI is InChI=1S/C22H28N2O5S/c1-28-15-17-9-7-16(8-10-17)14-23-22(25)18-11-12-20(29-2)21(13-18)30(26,27)24-19-5-3-4-6-19/h7-13,19,24H,3-6,14-15H2,1-2H3,(H,23,25). The molecule has 0 radical (unpaired) electrons. The Morgan fingerprint density at radius 2 is 1.70 bits per heavy atom. The quantitative estimate of drug-likeness (QED) is 0.635. The van der Waals surface area contributed by atoms with E-state index in [1.165, 1.54) is 19.2 Å². The van der Waals surface area contributed by atoms with Crippen molar-refractivity contribution in [3.63, 3.8) is 0 Å². The van der Waals surface area contributed by atoms with E-state index in [9.17, 15) is 13.2 Å². The summed E-state index contributed by atoms with van der Waals surface area (Å²) < 4.78 is 38.8. The van der Waals surface area contributed by atoms with Crippen LogP contribution in [-0.4, -0.2) is 34.6 Å². The molecular formula is C22H28N2O5S. The molecule has 0 heterocycles. The highest BCUT2D eigenvalue weighted by Crippen LogP contribution is 2.27. The van der Waals surface area contributed by atoms with E-state index in [4.69, 9.17) is 9.47 Å². The van der Waals surface area contributed by atoms with Crippen molar-refractivity contribution in [1.29, 1.82) is 0 Å². The van der Waals surface area contributed by atoms with Gasteiger partial charge in [0, 0.05) is 25.3 Å². The molecule has 2 aromatic carbocycles. The normalized spacial score (nSPS) is 14.6. The minimum absolute atomic E-state index is 0.0199. The van der Waals surface area contributed by atoms with Crippen LogP contribution in [-0.2, 0) is 27.9 Å². The summed E-state index contributed by atoms with van der Waals surface area (Å²) in [5, 5.41) is 2.83. The lowest BCUT2D eigenvalue weighted by Gasteiger charge is -2.16. The van der Waals surface area contributed by atoms with Gasteiger partial charge in [0.05, 0.1) is 13.7 Å². The van der Waals surface area contributed by atoms with Crippen LogP contribution in [0.25, 0.3) is 0 Å². The van der Waals surface area contributed by atoms with Crippen LogP contribution in [0, 0.1) is 0 Å². The van der Waals surface area contributed by atoms with Crippen LogP contribution in [0.3, 0.4) is 0 Å². The molecule has 8 heteroatoms. The van der Waals surface area contributed by atoms with Crippen molar-refractivity contribution in [3.8, 4) is 5.75 Å². The van der Waals surface area contributed by atoms with Gasteiger partial charge in [0.25, 0.3) is 5.91 Å². The molecule has 2 aromatic rings. The molecule has 0 aliphatic heterocycles. The van der Waals surface area contributed by atoms with E-state index in [0.717, 1.165) is 36.8 Å². The fraction of sp³-hybridized carbons (Fsp3) is 0.409. The Bertz CT molecular complexity index is 968. The van der Waals surface area contributed by atoms with E-state index in [2.05, 4.69) is 10.0 Å². The lowest BCUT2D eigenvalue weighted by Crippen LogP contribution is -2.33. The second kappa shape index (κ2) is 10.1. The van der Waals surface area contributed by atoms with E-state index in [1.54, 1.807) is 13.2 Å². The van der Waals surface area contributed by atoms with Crippen molar-refractivity contribution in [2.45, 2.75) is 49.8 Å². The summed E-state index contributed by atoms with van der Waals surface area (Å²) in [5.41, 5.74) is 2.25. The van der Waals surface area contributed by atoms with Crippen LogP contribution in [0.2, 0.25) is 0 Å². The second-order valence-electron chi connectivity index (χ2n) is 7.40. The third kappa shape index (κ3) is 5.59. The van der Waals surface area contributed by atoms with Gasteiger partial charge in [-0.15, -0.1) is 0 Å². The summed E-state index contributed by atoms with van der Waals surface area (Å²) in [6.45, 7) is 0.866. The molecule has 0 aromatic heterocycles. The lowest BCUT2D eigenvalue weighted by atomic mass is 10.1. The van der Waals surface area contributed by atoms with Gasteiger partial charge in [-0.2, -0.15) is 0 Å². The van der Waals surface area contributed by atoms with E-state index < -0.39 is 10.0 Å². The van der Waals surface area contributed by atoms with Crippen LogP contribution in [0.15, 0.2) is 47.4 Å². The number of sulfonamides is 1. The summed E-state index contributed by atoms with van der Waals surface area (Å²) in [6.07, 6.45) is 3.67. The number of carbonyl (C=O) groups is 1. The maximum atomic E-state index is 12.9. The summed E-state index contributed by atoms with van der Waals surface area (Å²) in [5.74, 6) is -0.137. The topological polar surface area (TPSA) is 93.7 Å². The molecule has 0 bridgehead atoms. The highest BCUT2D eigenvalue weighted by atomic mass is 32.2. The van der Waals surface area contributed by atoms with Gasteiger partial charge in [-0.25, -0.2) is 13.1 Å². The Morgan fingerprint density at radius 3 is 2.33 bits per heavy atom. The number of amides is 1. The Labute approximate surface area is 177 Å². The fourth-order valence-electron chi connectivity index (χ4n) is 3.56. The van der Waals surface area contributed by atoms with E-state index in [1.807, 2.05) is 24.3 Å². The van der Waals surface area contributed by atoms with Crippen molar-refractivity contribution in [3.05, 3.63) is 59.2 Å². The summed E-state index contributed by atoms with van der Waals surface area (Å²) in [6, 6.07) is 12.1. The van der Waals surface area contributed by atoms with Crippen molar-refractivity contribution in [1.82, 2.24) is 10.0 Å². The predicted octanol–water partition coefficient (Wildman–Crippen LogP) is 2.99. The molecule has 0 atom stereocenters. The number of ether oxygens (including phenoxy) is 2. The van der Waals surface area contributed by atoms with Gasteiger partial charge in [0.2, 0.25) is 10.0 Å². The minimum Gasteiger partial charge on any atom is -0.495 e. The van der Waals surface area contributed by atoms with Crippen LogP contribution in [0.1, 0.15) is 47.2 Å². The SMILES string of the molecule is COCc1ccc(CNC(=O)c2ccc(OC)c(S(=O)(=O)NC3CCCC3)c2)cc1. The fourth-order valence-corrected chi connectivity index (χ4v) is 5.06. The first-order chi connectivity index (χ1) is 14.4. The first kappa shape index (κ1) is 22.3. The Balaban J connectivity index is 1.72. The number of hydrogen-bond acceptors (Lipinski definition) is 5. The third-order valence-electron chi connectivity index (χ3n) is 5.18. The van der Waals surface area contributed by atoms with E-state index >= 15 is 0 Å². The van der Waals surface area contributed by atoms with Crippen LogP contribution in [0.4, 0.5) is 0 Å². The minimum atomic E-state index is -3.79. The smallest absolute Gasteiger partial charge is 0.251 e. The Morgan fingerprint density at radius 1 is 1.03 bits per heavy atom. The van der Waals surface area contributed by atoms with Gasteiger partial charge in [-0.05, 0) is 42.2 Å². The number of carbonyl (C=O) groups excluding carboxylic acids is 1. The predicted molar refractivity (Wildman–Crippen MR) is 114 cm³/mol. The summed E-state index contributed by atoms with van der Waals surface area (Å²) in [4.78, 5) is 12.6. The largest absolute Gasteiger partial charge is 0.495 e. The number of benzene rings is 2. The maximum absolute atomic E-state index is 12.9. The molecular weight excluding hydrogens is 404 g/mol. The second-order valence-corrected chi connectivity index (χ2v) is 9.08. The molecule has 1 aliphatic rings. The van der Waals surface area contributed by atoms with Gasteiger partial charge in [-0.1, -0.05) is 37.1 Å². The zero-order chi connectivity index (χ0) is 21.6. The van der Waals surface area contributed by atoms with E-state index in [0.29, 0.717) is 13.2 Å². The first-order valence-corrected chi connectivity index (χ1v) is 11.5. The molecule has 30 heavy (non-hydrogen) atoms. The Hall–Kier alpha value is -2.42. The van der Waals surface area contributed by atoms with Crippen molar-refractivity contribution < 1.29 is 22.7 Å². The van der Waals surface area contributed by atoms with Crippen LogP contribution in [0.5, 0.6) is 5.75 Å². The highest BCUT2D eigenvalue weighted by molar-refractivity contribution is 7.89. The maximum Gasteiger partial charge on any atom is 0.251 e. The number of rotatable bonds is 9. The molecule has 7 nitrogen and oxygen atoms in total. The third-order valence-corrected chi connectivity index (χ3v) is 6.72. The molecule has 1 amide bonds. The first-order valence-electron chi connectivity index (χ1n) is 9.98. The zero-order valence-electron chi connectivity index (χ0n) is 17.3. The average molecular weight is 433 g/mol. The van der Waals surface area contributed by atoms with E-state index in [-0.39, 0.29) is 28.2 Å².